The molecule has 0 spiro atoms. The minimum atomic E-state index is -0.145. The smallest absolute Gasteiger partial charge is 0.0575 e. The van der Waals surface area contributed by atoms with Crippen LogP contribution in [0.15, 0.2) is 0 Å². The molecule has 2 unspecified atom stereocenters. The van der Waals surface area contributed by atoms with E-state index in [1.54, 1.807) is 0 Å². The predicted molar refractivity (Wildman–Crippen MR) is 64.9 cm³/mol. The molecule has 0 aliphatic heterocycles. The molecule has 0 radical (unpaired) electrons. The first-order valence-electron chi connectivity index (χ1n) is 6.51. The monoisotopic (exact) mass is 213 g/mol. The van der Waals surface area contributed by atoms with Gasteiger partial charge in [0.25, 0.3) is 0 Å². The Morgan fingerprint density at radius 1 is 1.27 bits per heavy atom. The van der Waals surface area contributed by atoms with Crippen LogP contribution in [0.5, 0.6) is 0 Å². The van der Waals surface area contributed by atoms with Crippen molar-refractivity contribution in [3.8, 4) is 0 Å². The summed E-state index contributed by atoms with van der Waals surface area (Å²) in [5, 5.41) is 13.1. The molecule has 1 fully saturated rings. The lowest BCUT2D eigenvalue weighted by Gasteiger charge is -2.28. The third-order valence-electron chi connectivity index (χ3n) is 3.61. The van der Waals surface area contributed by atoms with Gasteiger partial charge in [0.15, 0.2) is 0 Å². The maximum atomic E-state index is 9.64. The molecule has 90 valence electrons. The van der Waals surface area contributed by atoms with E-state index >= 15 is 0 Å². The number of hydrogen-bond acceptors (Lipinski definition) is 2. The molecule has 2 nitrogen and oxygen atoms in total. The SMILES string of the molecule is CC(CC1CCC1)NCCC(O)C(C)C. The van der Waals surface area contributed by atoms with Crippen molar-refractivity contribution in [2.45, 2.75) is 65.0 Å². The largest absolute Gasteiger partial charge is 0.393 e. The summed E-state index contributed by atoms with van der Waals surface area (Å²) in [5.74, 6) is 1.36. The zero-order chi connectivity index (χ0) is 11.3. The van der Waals surface area contributed by atoms with Gasteiger partial charge >= 0.3 is 0 Å². The first kappa shape index (κ1) is 13.0. The van der Waals surface area contributed by atoms with Crippen LogP contribution in [-0.2, 0) is 0 Å². The second-order valence-corrected chi connectivity index (χ2v) is 5.49. The third-order valence-corrected chi connectivity index (χ3v) is 3.61. The van der Waals surface area contributed by atoms with E-state index in [-0.39, 0.29) is 6.10 Å². The molecule has 2 heteroatoms. The van der Waals surface area contributed by atoms with Crippen molar-refractivity contribution in [1.82, 2.24) is 5.32 Å². The van der Waals surface area contributed by atoms with Crippen molar-refractivity contribution < 1.29 is 5.11 Å². The number of hydrogen-bond donors (Lipinski definition) is 2. The molecule has 0 aromatic carbocycles. The summed E-state index contributed by atoms with van der Waals surface area (Å²) in [7, 11) is 0. The molecule has 0 heterocycles. The molecular weight excluding hydrogens is 186 g/mol. The van der Waals surface area contributed by atoms with Gasteiger partial charge in [-0.3, -0.25) is 0 Å². The second-order valence-electron chi connectivity index (χ2n) is 5.49. The highest BCUT2D eigenvalue weighted by Crippen LogP contribution is 2.30. The molecule has 0 aromatic heterocycles. The summed E-state index contributed by atoms with van der Waals surface area (Å²) >= 11 is 0. The Morgan fingerprint density at radius 3 is 2.40 bits per heavy atom. The zero-order valence-electron chi connectivity index (χ0n) is 10.5. The van der Waals surface area contributed by atoms with Crippen molar-refractivity contribution in [2.75, 3.05) is 6.54 Å². The van der Waals surface area contributed by atoms with Gasteiger partial charge in [0.05, 0.1) is 6.10 Å². The lowest BCUT2D eigenvalue weighted by atomic mass is 9.81. The van der Waals surface area contributed by atoms with Crippen LogP contribution in [0.25, 0.3) is 0 Å². The van der Waals surface area contributed by atoms with Crippen molar-refractivity contribution in [3.63, 3.8) is 0 Å². The molecule has 1 aliphatic carbocycles. The Morgan fingerprint density at radius 2 is 1.93 bits per heavy atom. The van der Waals surface area contributed by atoms with Crippen molar-refractivity contribution in [2.24, 2.45) is 11.8 Å². The number of nitrogens with one attached hydrogen (secondary N) is 1. The fraction of sp³-hybridized carbons (Fsp3) is 1.00. The molecule has 1 aliphatic rings. The average Bonchev–Trinajstić information content (AvgIpc) is 2.11. The minimum Gasteiger partial charge on any atom is -0.393 e. The van der Waals surface area contributed by atoms with Crippen LogP contribution in [-0.4, -0.2) is 23.8 Å². The highest BCUT2D eigenvalue weighted by molar-refractivity contribution is 4.75. The highest BCUT2D eigenvalue weighted by atomic mass is 16.3. The molecule has 0 saturated heterocycles. The Kier molecular flexibility index (Phi) is 5.62. The van der Waals surface area contributed by atoms with E-state index in [1.165, 1.54) is 25.7 Å². The van der Waals surface area contributed by atoms with Crippen LogP contribution in [0.1, 0.15) is 52.9 Å². The van der Waals surface area contributed by atoms with Crippen molar-refractivity contribution in [1.29, 1.82) is 0 Å². The van der Waals surface area contributed by atoms with Gasteiger partial charge in [-0.1, -0.05) is 33.1 Å². The molecule has 1 saturated carbocycles. The van der Waals surface area contributed by atoms with Gasteiger partial charge < -0.3 is 10.4 Å². The Labute approximate surface area is 94.5 Å². The van der Waals surface area contributed by atoms with E-state index in [0.717, 1.165) is 18.9 Å². The Bertz CT molecular complexity index is 166. The summed E-state index contributed by atoms with van der Waals surface area (Å²) in [6.45, 7) is 7.36. The van der Waals surface area contributed by atoms with E-state index in [4.69, 9.17) is 0 Å². The standard InChI is InChI=1S/C13H27NO/c1-10(2)13(15)7-8-14-11(3)9-12-5-4-6-12/h10-15H,4-9H2,1-3H3. The maximum Gasteiger partial charge on any atom is 0.0575 e. The summed E-state index contributed by atoms with van der Waals surface area (Å²) in [5.41, 5.74) is 0. The predicted octanol–water partition coefficient (Wildman–Crippen LogP) is 2.56. The minimum absolute atomic E-state index is 0.145. The van der Waals surface area contributed by atoms with E-state index in [9.17, 15) is 5.11 Å². The van der Waals surface area contributed by atoms with Crippen LogP contribution >= 0.6 is 0 Å². The van der Waals surface area contributed by atoms with E-state index in [1.807, 2.05) is 0 Å². The van der Waals surface area contributed by atoms with E-state index in [2.05, 4.69) is 26.1 Å². The summed E-state index contributed by atoms with van der Waals surface area (Å²) in [6, 6.07) is 0.620. The molecule has 2 N–H and O–H groups in total. The first-order valence-corrected chi connectivity index (χ1v) is 6.51. The van der Waals surface area contributed by atoms with Crippen molar-refractivity contribution >= 4 is 0 Å². The maximum absolute atomic E-state index is 9.64. The Balaban J connectivity index is 1.98. The quantitative estimate of drug-likeness (QED) is 0.681. The van der Waals surface area contributed by atoms with Gasteiger partial charge in [-0.05, 0) is 38.1 Å². The van der Waals surface area contributed by atoms with Crippen LogP contribution in [0.4, 0.5) is 0 Å². The van der Waals surface area contributed by atoms with E-state index < -0.39 is 0 Å². The van der Waals surface area contributed by atoms with Crippen LogP contribution in [0.3, 0.4) is 0 Å². The average molecular weight is 213 g/mol. The molecule has 0 bridgehead atoms. The lowest BCUT2D eigenvalue weighted by molar-refractivity contribution is 0.114. The zero-order valence-corrected chi connectivity index (χ0v) is 10.5. The molecule has 2 atom stereocenters. The number of aliphatic hydroxyl groups is 1. The third kappa shape index (κ3) is 4.98. The topological polar surface area (TPSA) is 32.3 Å². The lowest BCUT2D eigenvalue weighted by Crippen LogP contribution is -2.33. The fourth-order valence-electron chi connectivity index (χ4n) is 2.12. The second kappa shape index (κ2) is 6.49. The first-order chi connectivity index (χ1) is 7.09. The van der Waals surface area contributed by atoms with Gasteiger partial charge in [-0.25, -0.2) is 0 Å². The van der Waals surface area contributed by atoms with Gasteiger partial charge in [0.2, 0.25) is 0 Å². The number of aliphatic hydroxyl groups excluding tert-OH is 1. The summed E-state index contributed by atoms with van der Waals surface area (Å²) in [4.78, 5) is 0. The molecule has 15 heavy (non-hydrogen) atoms. The van der Waals surface area contributed by atoms with E-state index in [0.29, 0.717) is 12.0 Å². The van der Waals surface area contributed by atoms with Gasteiger partial charge in [-0.15, -0.1) is 0 Å². The highest BCUT2D eigenvalue weighted by Gasteiger charge is 2.19. The van der Waals surface area contributed by atoms with Crippen LogP contribution in [0.2, 0.25) is 0 Å². The van der Waals surface area contributed by atoms with Gasteiger partial charge in [0.1, 0.15) is 0 Å². The molecule has 1 rings (SSSR count). The van der Waals surface area contributed by atoms with Crippen molar-refractivity contribution in [3.05, 3.63) is 0 Å². The van der Waals surface area contributed by atoms with Crippen LogP contribution in [0, 0.1) is 11.8 Å². The normalized spacial score (nSPS) is 21.4. The summed E-state index contributed by atoms with van der Waals surface area (Å²) in [6.07, 6.45) is 6.35. The summed E-state index contributed by atoms with van der Waals surface area (Å²) < 4.78 is 0. The molecule has 0 amide bonds. The Hall–Kier alpha value is -0.0800. The van der Waals surface area contributed by atoms with Gasteiger partial charge in [0, 0.05) is 6.04 Å². The molecule has 0 aromatic rings. The van der Waals surface area contributed by atoms with Gasteiger partial charge in [-0.2, -0.15) is 0 Å². The fourth-order valence-corrected chi connectivity index (χ4v) is 2.12. The van der Waals surface area contributed by atoms with Crippen LogP contribution < -0.4 is 5.32 Å². The molecular formula is C13H27NO. The number of rotatable bonds is 7.